The SMILES string of the molecule is CCc1noc(C)c1C[S@@](=O)Cc1nsc(N(C)C)n1. The lowest BCUT2D eigenvalue weighted by Gasteiger charge is -2.04. The molecule has 0 aliphatic carbocycles. The van der Waals surface area contributed by atoms with Crippen LogP contribution in [0.15, 0.2) is 4.52 Å². The minimum absolute atomic E-state index is 0.359. The first kappa shape index (κ1) is 15.1. The number of aromatic nitrogens is 3. The molecule has 0 spiro atoms. The first-order valence-electron chi connectivity index (χ1n) is 6.30. The number of aryl methyl sites for hydroxylation is 2. The average molecular weight is 314 g/mol. The van der Waals surface area contributed by atoms with Crippen LogP contribution < -0.4 is 4.90 Å². The first-order chi connectivity index (χ1) is 9.51. The summed E-state index contributed by atoms with van der Waals surface area (Å²) in [5.74, 6) is 2.17. The van der Waals surface area contributed by atoms with Crippen LogP contribution in [0.1, 0.15) is 29.8 Å². The van der Waals surface area contributed by atoms with Gasteiger partial charge in [0.1, 0.15) is 5.76 Å². The van der Waals surface area contributed by atoms with Crippen LogP contribution in [-0.2, 0) is 28.7 Å². The van der Waals surface area contributed by atoms with E-state index in [1.807, 2.05) is 32.8 Å². The fraction of sp³-hybridized carbons (Fsp3) is 0.583. The van der Waals surface area contributed by atoms with Gasteiger partial charge in [-0.05, 0) is 13.3 Å². The highest BCUT2D eigenvalue weighted by Gasteiger charge is 2.16. The molecule has 6 nitrogen and oxygen atoms in total. The molecule has 20 heavy (non-hydrogen) atoms. The van der Waals surface area contributed by atoms with Crippen LogP contribution >= 0.6 is 11.5 Å². The summed E-state index contributed by atoms with van der Waals surface area (Å²) in [5.41, 5.74) is 1.84. The van der Waals surface area contributed by atoms with Crippen molar-refractivity contribution in [2.45, 2.75) is 31.8 Å². The van der Waals surface area contributed by atoms with Gasteiger partial charge in [-0.1, -0.05) is 12.1 Å². The summed E-state index contributed by atoms with van der Waals surface area (Å²) in [5, 5.41) is 4.80. The summed E-state index contributed by atoms with van der Waals surface area (Å²) in [6.45, 7) is 3.86. The Balaban J connectivity index is 2.03. The predicted octanol–water partition coefficient (Wildman–Crippen LogP) is 1.91. The Morgan fingerprint density at radius 2 is 2.10 bits per heavy atom. The molecule has 2 heterocycles. The summed E-state index contributed by atoms with van der Waals surface area (Å²) in [6, 6.07) is 0. The van der Waals surface area contributed by atoms with Crippen molar-refractivity contribution in [1.29, 1.82) is 0 Å². The summed E-state index contributed by atoms with van der Waals surface area (Å²) < 4.78 is 21.6. The highest BCUT2D eigenvalue weighted by atomic mass is 32.2. The van der Waals surface area contributed by atoms with E-state index in [-0.39, 0.29) is 0 Å². The highest BCUT2D eigenvalue weighted by Crippen LogP contribution is 2.19. The molecule has 0 radical (unpaired) electrons. The van der Waals surface area contributed by atoms with Gasteiger partial charge in [0.25, 0.3) is 0 Å². The smallest absolute Gasteiger partial charge is 0.204 e. The maximum atomic E-state index is 12.2. The average Bonchev–Trinajstić information content (AvgIpc) is 2.98. The second-order valence-corrected chi connectivity index (χ2v) is 6.82. The Labute approximate surface area is 124 Å². The van der Waals surface area contributed by atoms with Crippen LogP contribution in [0.2, 0.25) is 0 Å². The van der Waals surface area contributed by atoms with Gasteiger partial charge in [-0.15, -0.1) is 0 Å². The zero-order chi connectivity index (χ0) is 14.7. The summed E-state index contributed by atoms with van der Waals surface area (Å²) >= 11 is 1.32. The lowest BCUT2D eigenvalue weighted by molar-refractivity contribution is 0.390. The van der Waals surface area contributed by atoms with E-state index in [4.69, 9.17) is 4.52 Å². The summed E-state index contributed by atoms with van der Waals surface area (Å²) in [4.78, 5) is 6.24. The molecule has 0 N–H and O–H groups in total. The van der Waals surface area contributed by atoms with Gasteiger partial charge in [-0.2, -0.15) is 4.37 Å². The molecule has 8 heteroatoms. The van der Waals surface area contributed by atoms with Gasteiger partial charge < -0.3 is 9.42 Å². The molecule has 0 aliphatic heterocycles. The normalized spacial score (nSPS) is 12.6. The van der Waals surface area contributed by atoms with Gasteiger partial charge in [0.2, 0.25) is 5.13 Å². The largest absolute Gasteiger partial charge is 0.361 e. The minimum atomic E-state index is -1.06. The second-order valence-electron chi connectivity index (χ2n) is 4.63. The van der Waals surface area contributed by atoms with E-state index < -0.39 is 10.8 Å². The fourth-order valence-corrected chi connectivity index (χ4v) is 3.64. The van der Waals surface area contributed by atoms with E-state index in [1.54, 1.807) is 0 Å². The molecule has 2 rings (SSSR count). The molecular formula is C12H18N4O2S2. The third-order valence-corrected chi connectivity index (χ3v) is 4.95. The third-order valence-electron chi connectivity index (χ3n) is 2.84. The molecule has 0 unspecified atom stereocenters. The topological polar surface area (TPSA) is 72.1 Å². The lowest BCUT2D eigenvalue weighted by Crippen LogP contribution is -2.08. The standard InChI is InChI=1S/C12H18N4O2S2/c1-5-10-9(8(2)18-14-10)6-20(17)7-11-13-12(16(3)4)19-15-11/h5-7H2,1-4H3/t20-/m1/s1. The van der Waals surface area contributed by atoms with Gasteiger partial charge in [-0.3, -0.25) is 4.21 Å². The van der Waals surface area contributed by atoms with Gasteiger partial charge >= 0.3 is 0 Å². The molecule has 0 fully saturated rings. The molecule has 0 bridgehead atoms. The second kappa shape index (κ2) is 6.45. The molecule has 1 atom stereocenters. The van der Waals surface area contributed by atoms with Crippen molar-refractivity contribution in [2.24, 2.45) is 0 Å². The number of anilines is 1. The summed E-state index contributed by atoms with van der Waals surface area (Å²) in [7, 11) is 2.76. The van der Waals surface area contributed by atoms with Crippen LogP contribution in [0.25, 0.3) is 0 Å². The number of hydrogen-bond donors (Lipinski definition) is 0. The molecule has 0 aliphatic rings. The monoisotopic (exact) mass is 314 g/mol. The molecule has 110 valence electrons. The van der Waals surface area contributed by atoms with Gasteiger partial charge in [-0.25, -0.2) is 4.98 Å². The molecule has 0 aromatic carbocycles. The highest BCUT2D eigenvalue weighted by molar-refractivity contribution is 7.83. The van der Waals surface area contributed by atoms with E-state index in [2.05, 4.69) is 14.5 Å². The van der Waals surface area contributed by atoms with Crippen molar-refractivity contribution in [1.82, 2.24) is 14.5 Å². The zero-order valence-electron chi connectivity index (χ0n) is 12.0. The Bertz CT molecular complexity index is 606. The maximum Gasteiger partial charge on any atom is 0.204 e. The van der Waals surface area contributed by atoms with Gasteiger partial charge in [0.15, 0.2) is 5.82 Å². The lowest BCUT2D eigenvalue weighted by atomic mass is 10.2. The summed E-state index contributed by atoms with van der Waals surface area (Å²) in [6.07, 6.45) is 0.781. The van der Waals surface area contributed by atoms with Crippen molar-refractivity contribution in [3.05, 3.63) is 22.8 Å². The number of hydrogen-bond acceptors (Lipinski definition) is 7. The van der Waals surface area contributed by atoms with Crippen molar-refractivity contribution < 1.29 is 8.73 Å². The van der Waals surface area contributed by atoms with E-state index >= 15 is 0 Å². The zero-order valence-corrected chi connectivity index (χ0v) is 13.7. The van der Waals surface area contributed by atoms with E-state index in [9.17, 15) is 4.21 Å². The van der Waals surface area contributed by atoms with E-state index in [1.165, 1.54) is 11.5 Å². The quantitative estimate of drug-likeness (QED) is 0.811. The third kappa shape index (κ3) is 3.43. The van der Waals surface area contributed by atoms with Crippen molar-refractivity contribution in [2.75, 3.05) is 19.0 Å². The molecule has 0 saturated heterocycles. The molecular weight excluding hydrogens is 296 g/mol. The van der Waals surface area contributed by atoms with Crippen LogP contribution in [0.4, 0.5) is 5.13 Å². The maximum absolute atomic E-state index is 12.2. The first-order valence-corrected chi connectivity index (χ1v) is 8.56. The Kier molecular flexibility index (Phi) is 4.87. The van der Waals surface area contributed by atoms with Crippen LogP contribution in [0.5, 0.6) is 0 Å². The van der Waals surface area contributed by atoms with E-state index in [0.717, 1.165) is 28.6 Å². The predicted molar refractivity (Wildman–Crippen MR) is 80.4 cm³/mol. The molecule has 0 saturated carbocycles. The van der Waals surface area contributed by atoms with Crippen molar-refractivity contribution in [3.63, 3.8) is 0 Å². The Hall–Kier alpha value is -1.28. The molecule has 2 aromatic heterocycles. The van der Waals surface area contributed by atoms with Crippen molar-refractivity contribution >= 4 is 27.5 Å². The fourth-order valence-electron chi connectivity index (χ4n) is 1.74. The van der Waals surface area contributed by atoms with Crippen molar-refractivity contribution in [3.8, 4) is 0 Å². The minimum Gasteiger partial charge on any atom is -0.361 e. The van der Waals surface area contributed by atoms with Gasteiger partial charge in [0, 0.05) is 42.0 Å². The van der Waals surface area contributed by atoms with E-state index in [0.29, 0.717) is 17.3 Å². The van der Waals surface area contributed by atoms with Crippen LogP contribution in [-0.4, -0.2) is 32.8 Å². The number of nitrogens with zero attached hydrogens (tertiary/aromatic N) is 4. The van der Waals surface area contributed by atoms with Gasteiger partial charge in [0.05, 0.1) is 17.2 Å². The molecule has 2 aromatic rings. The molecule has 0 amide bonds. The Morgan fingerprint density at radius 1 is 1.35 bits per heavy atom. The Morgan fingerprint density at radius 3 is 2.70 bits per heavy atom. The number of rotatable bonds is 6. The van der Waals surface area contributed by atoms with Crippen LogP contribution in [0.3, 0.4) is 0 Å². The van der Waals surface area contributed by atoms with Crippen LogP contribution in [0, 0.1) is 6.92 Å².